The molecule has 0 fully saturated rings. The van der Waals surface area contributed by atoms with E-state index >= 15 is 0 Å². The van der Waals surface area contributed by atoms with Crippen LogP contribution in [0.25, 0.3) is 0 Å². The van der Waals surface area contributed by atoms with Crippen molar-refractivity contribution in [1.82, 2.24) is 0 Å². The zero-order valence-electron chi connectivity index (χ0n) is 16.0. The first kappa shape index (κ1) is 21.4. The molecule has 0 amide bonds. The average Bonchev–Trinajstić information content (AvgIpc) is 2.70. The normalized spacial score (nSPS) is 11.0. The fraction of sp³-hybridized carbons (Fsp3) is 0.100. The van der Waals surface area contributed by atoms with Crippen molar-refractivity contribution < 1.29 is 22.8 Å². The second-order valence-electron chi connectivity index (χ2n) is 6.23. The quantitative estimate of drug-likeness (QED) is 0.395. The summed E-state index contributed by atoms with van der Waals surface area (Å²) >= 11 is 6.03. The molecule has 0 spiro atoms. The summed E-state index contributed by atoms with van der Waals surface area (Å²) in [7, 11) is -2.60. The summed E-state index contributed by atoms with van der Waals surface area (Å²) in [5.41, 5.74) is 0.144. The van der Waals surface area contributed by atoms with Crippen molar-refractivity contribution in [3.05, 3.63) is 81.4 Å². The number of nitrogens with zero attached hydrogens (tertiary/aromatic N) is 1. The Morgan fingerprint density at radius 2 is 1.67 bits per heavy atom. The lowest BCUT2D eigenvalue weighted by Gasteiger charge is -2.14. The number of sulfonamides is 1. The fourth-order valence-electron chi connectivity index (χ4n) is 2.60. The van der Waals surface area contributed by atoms with E-state index in [-0.39, 0.29) is 27.0 Å². The van der Waals surface area contributed by atoms with Crippen LogP contribution >= 0.6 is 11.6 Å². The zero-order valence-corrected chi connectivity index (χ0v) is 17.5. The molecular weight excluding hydrogens is 432 g/mol. The molecule has 1 N–H and O–H groups in total. The number of hydrogen-bond acceptors (Lipinski definition) is 6. The van der Waals surface area contributed by atoms with Crippen LogP contribution in [0.15, 0.2) is 65.6 Å². The maximum Gasteiger partial charge on any atom is 0.273 e. The molecule has 0 atom stereocenters. The number of nitrogens with one attached hydrogen (secondary N) is 1. The third-order valence-electron chi connectivity index (χ3n) is 4.16. The molecule has 3 rings (SSSR count). The highest BCUT2D eigenvalue weighted by molar-refractivity contribution is 7.92. The number of nitro groups is 1. The van der Waals surface area contributed by atoms with Crippen molar-refractivity contribution in [2.45, 2.75) is 11.8 Å². The van der Waals surface area contributed by atoms with Gasteiger partial charge in [-0.3, -0.25) is 14.8 Å². The fourth-order valence-corrected chi connectivity index (χ4v) is 3.85. The number of benzene rings is 3. The minimum Gasteiger partial charge on any atom is -0.497 e. The van der Waals surface area contributed by atoms with Crippen molar-refractivity contribution in [3.8, 4) is 17.2 Å². The van der Waals surface area contributed by atoms with Gasteiger partial charge in [-0.05, 0) is 55.5 Å². The second kappa shape index (κ2) is 8.60. The highest BCUT2D eigenvalue weighted by Gasteiger charge is 2.21. The molecule has 0 aliphatic carbocycles. The van der Waals surface area contributed by atoms with E-state index in [0.717, 1.165) is 6.07 Å². The predicted molar refractivity (Wildman–Crippen MR) is 113 cm³/mol. The third kappa shape index (κ3) is 4.81. The van der Waals surface area contributed by atoms with Crippen LogP contribution < -0.4 is 14.2 Å². The van der Waals surface area contributed by atoms with Crippen molar-refractivity contribution in [2.75, 3.05) is 11.8 Å². The van der Waals surface area contributed by atoms with Crippen LogP contribution in [0.1, 0.15) is 5.56 Å². The number of methoxy groups -OCH3 is 1. The average molecular weight is 449 g/mol. The van der Waals surface area contributed by atoms with E-state index in [0.29, 0.717) is 17.1 Å². The Bertz CT molecular complexity index is 1200. The molecule has 3 aromatic carbocycles. The molecule has 0 saturated heterocycles. The van der Waals surface area contributed by atoms with Gasteiger partial charge in [-0.15, -0.1) is 0 Å². The van der Waals surface area contributed by atoms with E-state index in [1.54, 1.807) is 30.3 Å². The van der Waals surface area contributed by atoms with Crippen molar-refractivity contribution in [2.24, 2.45) is 0 Å². The van der Waals surface area contributed by atoms with Gasteiger partial charge in [0.05, 0.1) is 22.6 Å². The highest BCUT2D eigenvalue weighted by atomic mass is 35.5. The van der Waals surface area contributed by atoms with Crippen LogP contribution in [0.2, 0.25) is 5.02 Å². The molecule has 30 heavy (non-hydrogen) atoms. The lowest BCUT2D eigenvalue weighted by atomic mass is 10.2. The smallest absolute Gasteiger partial charge is 0.273 e. The molecule has 3 aromatic rings. The van der Waals surface area contributed by atoms with Crippen LogP contribution in [-0.4, -0.2) is 20.5 Å². The third-order valence-corrected chi connectivity index (χ3v) is 5.76. The van der Waals surface area contributed by atoms with E-state index in [1.165, 1.54) is 38.3 Å². The van der Waals surface area contributed by atoms with Gasteiger partial charge in [-0.2, -0.15) is 0 Å². The molecular formula is C20H17ClN2O6S. The zero-order chi connectivity index (χ0) is 21.9. The molecule has 0 unspecified atom stereocenters. The minimum absolute atomic E-state index is 0.0848. The lowest BCUT2D eigenvalue weighted by Crippen LogP contribution is -2.14. The first-order valence-electron chi connectivity index (χ1n) is 8.59. The largest absolute Gasteiger partial charge is 0.497 e. The van der Waals surface area contributed by atoms with E-state index in [2.05, 4.69) is 4.72 Å². The summed E-state index contributed by atoms with van der Waals surface area (Å²) in [6.07, 6.45) is 0. The van der Waals surface area contributed by atoms with Gasteiger partial charge in [0.1, 0.15) is 11.5 Å². The molecule has 8 nitrogen and oxygen atoms in total. The van der Waals surface area contributed by atoms with Crippen LogP contribution in [0.4, 0.5) is 11.4 Å². The molecule has 0 saturated carbocycles. The van der Waals surface area contributed by atoms with Gasteiger partial charge in [0.25, 0.3) is 15.7 Å². The van der Waals surface area contributed by atoms with Crippen LogP contribution in [0.5, 0.6) is 17.2 Å². The Balaban J connectivity index is 1.94. The molecule has 156 valence electrons. The summed E-state index contributed by atoms with van der Waals surface area (Å²) < 4.78 is 38.9. The number of rotatable bonds is 7. The number of halogens is 1. The molecule has 0 bridgehead atoms. The van der Waals surface area contributed by atoms with Crippen LogP contribution in [0, 0.1) is 17.0 Å². The summed E-state index contributed by atoms with van der Waals surface area (Å²) in [5, 5.41) is 11.4. The summed E-state index contributed by atoms with van der Waals surface area (Å²) in [4.78, 5) is 10.3. The Kier molecular flexibility index (Phi) is 6.14. The van der Waals surface area contributed by atoms with E-state index < -0.39 is 14.9 Å². The van der Waals surface area contributed by atoms with Crippen molar-refractivity contribution in [3.63, 3.8) is 0 Å². The summed E-state index contributed by atoms with van der Waals surface area (Å²) in [6, 6.07) is 14.8. The Hall–Kier alpha value is -3.30. The standard InChI is InChI=1S/C20H17ClN2O6S/c1-13-3-9-17(12-19(13)23(24)25)30(26,27)22-18-11-14(21)4-10-20(18)29-16-7-5-15(28-2)6-8-16/h3-12,22H,1-2H3. The lowest BCUT2D eigenvalue weighted by molar-refractivity contribution is -0.385. The minimum atomic E-state index is -4.14. The molecule has 0 aromatic heterocycles. The number of hydrogen-bond donors (Lipinski definition) is 1. The molecule has 0 radical (unpaired) electrons. The monoisotopic (exact) mass is 448 g/mol. The Labute approximate surface area is 178 Å². The molecule has 0 heterocycles. The topological polar surface area (TPSA) is 108 Å². The van der Waals surface area contributed by atoms with Crippen molar-refractivity contribution >= 4 is 33.0 Å². The predicted octanol–water partition coefficient (Wildman–Crippen LogP) is 5.16. The van der Waals surface area contributed by atoms with Gasteiger partial charge in [0.2, 0.25) is 0 Å². The van der Waals surface area contributed by atoms with Crippen molar-refractivity contribution in [1.29, 1.82) is 0 Å². The van der Waals surface area contributed by atoms with E-state index in [4.69, 9.17) is 21.1 Å². The van der Waals surface area contributed by atoms with Gasteiger partial charge >= 0.3 is 0 Å². The SMILES string of the molecule is COc1ccc(Oc2ccc(Cl)cc2NS(=O)(=O)c2ccc(C)c([N+](=O)[O-])c2)cc1. The first-order valence-corrected chi connectivity index (χ1v) is 10.4. The number of aryl methyl sites for hydroxylation is 1. The van der Waals surface area contributed by atoms with Crippen LogP contribution in [-0.2, 0) is 10.0 Å². The maximum atomic E-state index is 12.8. The number of ether oxygens (including phenoxy) is 2. The van der Waals surface area contributed by atoms with Gasteiger partial charge in [-0.1, -0.05) is 17.7 Å². The van der Waals surface area contributed by atoms with Gasteiger partial charge in [0, 0.05) is 16.7 Å². The van der Waals surface area contributed by atoms with Gasteiger partial charge in [0.15, 0.2) is 5.75 Å². The number of anilines is 1. The van der Waals surface area contributed by atoms with Gasteiger partial charge in [-0.25, -0.2) is 8.42 Å². The first-order chi connectivity index (χ1) is 14.2. The summed E-state index contributed by atoms with van der Waals surface area (Å²) in [6.45, 7) is 1.53. The molecule has 0 aliphatic heterocycles. The van der Waals surface area contributed by atoms with Crippen LogP contribution in [0.3, 0.4) is 0 Å². The van der Waals surface area contributed by atoms with E-state index in [1.807, 2.05) is 0 Å². The van der Waals surface area contributed by atoms with Gasteiger partial charge < -0.3 is 9.47 Å². The Morgan fingerprint density at radius 1 is 1.00 bits per heavy atom. The second-order valence-corrected chi connectivity index (χ2v) is 8.35. The highest BCUT2D eigenvalue weighted by Crippen LogP contribution is 2.34. The maximum absolute atomic E-state index is 12.8. The molecule has 10 heteroatoms. The summed E-state index contributed by atoms with van der Waals surface area (Å²) in [5.74, 6) is 1.29. The van der Waals surface area contributed by atoms with E-state index in [9.17, 15) is 18.5 Å². The molecule has 0 aliphatic rings. The Morgan fingerprint density at radius 3 is 2.30 bits per heavy atom. The number of nitro benzene ring substituents is 1.